The van der Waals surface area contributed by atoms with E-state index < -0.39 is 0 Å². The van der Waals surface area contributed by atoms with Crippen LogP contribution < -0.4 is 10.5 Å². The number of nitrogens with two attached hydrogens (primary N) is 1. The maximum absolute atomic E-state index is 6.08. The Morgan fingerprint density at radius 2 is 2.10 bits per heavy atom. The summed E-state index contributed by atoms with van der Waals surface area (Å²) in [5.41, 5.74) is 10.6. The summed E-state index contributed by atoms with van der Waals surface area (Å²) in [5, 5.41) is 0. The Morgan fingerprint density at radius 1 is 1.25 bits per heavy atom. The van der Waals surface area contributed by atoms with Gasteiger partial charge in [0.15, 0.2) is 0 Å². The highest BCUT2D eigenvalue weighted by Gasteiger charge is 2.18. The Kier molecular flexibility index (Phi) is 3.56. The van der Waals surface area contributed by atoms with E-state index in [4.69, 9.17) is 10.5 Å². The van der Waals surface area contributed by atoms with E-state index in [-0.39, 0.29) is 0 Å². The largest absolute Gasteiger partial charge is 0.481 e. The molecule has 104 valence electrons. The van der Waals surface area contributed by atoms with Crippen molar-refractivity contribution in [1.82, 2.24) is 9.88 Å². The third-order valence-electron chi connectivity index (χ3n) is 3.76. The van der Waals surface area contributed by atoms with Gasteiger partial charge in [0.05, 0.1) is 12.8 Å². The summed E-state index contributed by atoms with van der Waals surface area (Å²) >= 11 is 0. The molecule has 1 aliphatic heterocycles. The van der Waals surface area contributed by atoms with Crippen LogP contribution in [0.15, 0.2) is 36.4 Å². The number of hydrogen-bond acceptors (Lipinski definition) is 4. The molecule has 3 rings (SSSR count). The normalized spacial score (nSPS) is 14.8. The predicted octanol–water partition coefficient (Wildman–Crippen LogP) is 2.23. The first-order valence-electron chi connectivity index (χ1n) is 6.85. The third-order valence-corrected chi connectivity index (χ3v) is 3.76. The first-order chi connectivity index (χ1) is 9.76. The standard InChI is InChI=1S/C16H19N3O/c1-20-16-7-3-5-13(18-16)10-19-9-8-12-4-2-6-15(17)14(12)11-19/h2-7H,8-11,17H2,1H3. The molecule has 2 aromatic rings. The van der Waals surface area contributed by atoms with E-state index in [9.17, 15) is 0 Å². The quantitative estimate of drug-likeness (QED) is 0.868. The zero-order valence-electron chi connectivity index (χ0n) is 11.7. The summed E-state index contributed by atoms with van der Waals surface area (Å²) in [6.45, 7) is 2.75. The molecule has 0 radical (unpaired) electrons. The van der Waals surface area contributed by atoms with Gasteiger partial charge in [-0.2, -0.15) is 0 Å². The van der Waals surface area contributed by atoms with Gasteiger partial charge in [0.1, 0.15) is 0 Å². The van der Waals surface area contributed by atoms with Crippen molar-refractivity contribution in [1.29, 1.82) is 0 Å². The Morgan fingerprint density at radius 3 is 2.95 bits per heavy atom. The molecule has 0 saturated heterocycles. The van der Waals surface area contributed by atoms with E-state index in [1.165, 1.54) is 11.1 Å². The Balaban J connectivity index is 1.75. The molecular weight excluding hydrogens is 250 g/mol. The molecule has 4 nitrogen and oxygen atoms in total. The van der Waals surface area contributed by atoms with Crippen molar-refractivity contribution < 1.29 is 4.74 Å². The van der Waals surface area contributed by atoms with Crippen molar-refractivity contribution in [3.63, 3.8) is 0 Å². The first kappa shape index (κ1) is 12.9. The van der Waals surface area contributed by atoms with Gasteiger partial charge >= 0.3 is 0 Å². The van der Waals surface area contributed by atoms with Gasteiger partial charge in [0.25, 0.3) is 0 Å². The minimum atomic E-state index is 0.666. The second-order valence-electron chi connectivity index (χ2n) is 5.12. The Bertz CT molecular complexity index is 612. The van der Waals surface area contributed by atoms with Crippen molar-refractivity contribution >= 4 is 5.69 Å². The first-order valence-corrected chi connectivity index (χ1v) is 6.85. The van der Waals surface area contributed by atoms with Gasteiger partial charge in [-0.25, -0.2) is 4.98 Å². The average molecular weight is 269 g/mol. The molecule has 2 heterocycles. The van der Waals surface area contributed by atoms with Gasteiger partial charge in [0.2, 0.25) is 5.88 Å². The molecule has 1 aromatic carbocycles. The number of nitrogen functional groups attached to an aromatic ring is 1. The molecule has 0 spiro atoms. The number of benzene rings is 1. The van der Waals surface area contributed by atoms with Crippen LogP contribution in [0, 0.1) is 0 Å². The highest BCUT2D eigenvalue weighted by atomic mass is 16.5. The lowest BCUT2D eigenvalue weighted by molar-refractivity contribution is 0.242. The molecule has 0 saturated carbocycles. The average Bonchev–Trinajstić information content (AvgIpc) is 2.48. The Labute approximate surface area is 119 Å². The zero-order valence-corrected chi connectivity index (χ0v) is 11.7. The van der Waals surface area contributed by atoms with Crippen molar-refractivity contribution in [2.45, 2.75) is 19.5 Å². The van der Waals surface area contributed by atoms with Crippen LogP contribution in [0.2, 0.25) is 0 Å². The number of rotatable bonds is 3. The fraction of sp³-hybridized carbons (Fsp3) is 0.312. The van der Waals surface area contributed by atoms with Crippen molar-refractivity contribution in [3.05, 3.63) is 53.2 Å². The van der Waals surface area contributed by atoms with Gasteiger partial charge in [-0.05, 0) is 29.7 Å². The van der Waals surface area contributed by atoms with E-state index in [0.717, 1.165) is 37.4 Å². The van der Waals surface area contributed by atoms with Crippen LogP contribution in [0.5, 0.6) is 5.88 Å². The van der Waals surface area contributed by atoms with Gasteiger partial charge in [-0.15, -0.1) is 0 Å². The predicted molar refractivity (Wildman–Crippen MR) is 79.5 cm³/mol. The van der Waals surface area contributed by atoms with Crippen LogP contribution in [0.1, 0.15) is 16.8 Å². The lowest BCUT2D eigenvalue weighted by atomic mass is 9.98. The molecule has 4 heteroatoms. The fourth-order valence-electron chi connectivity index (χ4n) is 2.69. The summed E-state index contributed by atoms with van der Waals surface area (Å²) in [4.78, 5) is 6.84. The maximum atomic E-state index is 6.08. The second-order valence-corrected chi connectivity index (χ2v) is 5.12. The second kappa shape index (κ2) is 5.51. The summed E-state index contributed by atoms with van der Waals surface area (Å²) in [5.74, 6) is 0.666. The number of anilines is 1. The monoisotopic (exact) mass is 269 g/mol. The molecule has 2 N–H and O–H groups in total. The summed E-state index contributed by atoms with van der Waals surface area (Å²) in [6, 6.07) is 12.1. The van der Waals surface area contributed by atoms with Crippen LogP contribution >= 0.6 is 0 Å². The fourth-order valence-corrected chi connectivity index (χ4v) is 2.69. The highest BCUT2D eigenvalue weighted by molar-refractivity contribution is 5.51. The van der Waals surface area contributed by atoms with Gasteiger partial charge in [0, 0.05) is 31.4 Å². The number of ether oxygens (including phenoxy) is 1. The van der Waals surface area contributed by atoms with E-state index in [1.54, 1.807) is 7.11 Å². The number of fused-ring (bicyclic) bond motifs is 1. The number of nitrogens with zero attached hydrogens (tertiary/aromatic N) is 2. The molecule has 0 amide bonds. The summed E-state index contributed by atoms with van der Waals surface area (Å²) < 4.78 is 5.17. The zero-order chi connectivity index (χ0) is 13.9. The lowest BCUT2D eigenvalue weighted by Crippen LogP contribution is -2.31. The highest BCUT2D eigenvalue weighted by Crippen LogP contribution is 2.25. The summed E-state index contributed by atoms with van der Waals surface area (Å²) in [7, 11) is 1.64. The lowest BCUT2D eigenvalue weighted by Gasteiger charge is -2.29. The molecule has 0 bridgehead atoms. The van der Waals surface area contributed by atoms with Crippen molar-refractivity contribution in [2.24, 2.45) is 0 Å². The molecular formula is C16H19N3O. The number of hydrogen-bond donors (Lipinski definition) is 1. The van der Waals surface area contributed by atoms with E-state index in [0.29, 0.717) is 5.88 Å². The minimum Gasteiger partial charge on any atom is -0.481 e. The number of methoxy groups -OCH3 is 1. The van der Waals surface area contributed by atoms with Crippen LogP contribution in [0.25, 0.3) is 0 Å². The van der Waals surface area contributed by atoms with Crippen LogP contribution in [-0.2, 0) is 19.5 Å². The molecule has 0 atom stereocenters. The summed E-state index contributed by atoms with van der Waals surface area (Å²) in [6.07, 6.45) is 1.05. The topological polar surface area (TPSA) is 51.4 Å². The van der Waals surface area contributed by atoms with Crippen molar-refractivity contribution in [2.75, 3.05) is 19.4 Å². The Hall–Kier alpha value is -2.07. The van der Waals surface area contributed by atoms with E-state index in [1.807, 2.05) is 30.3 Å². The van der Waals surface area contributed by atoms with Crippen LogP contribution in [0.3, 0.4) is 0 Å². The van der Waals surface area contributed by atoms with E-state index >= 15 is 0 Å². The van der Waals surface area contributed by atoms with Gasteiger partial charge in [-0.1, -0.05) is 18.2 Å². The molecule has 0 fully saturated rings. The van der Waals surface area contributed by atoms with Gasteiger partial charge < -0.3 is 10.5 Å². The van der Waals surface area contributed by atoms with Crippen LogP contribution in [0.4, 0.5) is 5.69 Å². The number of pyridine rings is 1. The molecule has 1 aromatic heterocycles. The van der Waals surface area contributed by atoms with Crippen LogP contribution in [-0.4, -0.2) is 23.5 Å². The molecule has 1 aliphatic rings. The molecule has 0 aliphatic carbocycles. The maximum Gasteiger partial charge on any atom is 0.213 e. The SMILES string of the molecule is COc1cccc(CN2CCc3cccc(N)c3C2)n1. The van der Waals surface area contributed by atoms with E-state index in [2.05, 4.69) is 16.0 Å². The third kappa shape index (κ3) is 2.60. The van der Waals surface area contributed by atoms with Crippen molar-refractivity contribution in [3.8, 4) is 5.88 Å². The number of aromatic nitrogens is 1. The molecule has 0 unspecified atom stereocenters. The molecule has 20 heavy (non-hydrogen) atoms. The smallest absolute Gasteiger partial charge is 0.213 e. The minimum absolute atomic E-state index is 0.666. The van der Waals surface area contributed by atoms with Gasteiger partial charge in [-0.3, -0.25) is 4.90 Å².